The Kier molecular flexibility index (Phi) is 4.49. The van der Waals surface area contributed by atoms with Crippen LogP contribution in [0.3, 0.4) is 0 Å². The van der Waals surface area contributed by atoms with Crippen LogP contribution in [0.25, 0.3) is 22.2 Å². The van der Waals surface area contributed by atoms with E-state index in [0.29, 0.717) is 41.0 Å². The summed E-state index contributed by atoms with van der Waals surface area (Å²) in [6.07, 6.45) is -0.769. The Labute approximate surface area is 183 Å². The lowest BCUT2D eigenvalue weighted by atomic mass is 10.0. The molecule has 5 rings (SSSR count). The SMILES string of the molecule is Cc1cccc(-c2c3c(=O)n(C)c(=O)n(C)c3c3n2CCO[C@H]3c2cc(O)ccc2O)c1. The van der Waals surface area contributed by atoms with E-state index in [1.807, 2.05) is 35.8 Å². The van der Waals surface area contributed by atoms with E-state index in [1.165, 1.54) is 29.8 Å². The summed E-state index contributed by atoms with van der Waals surface area (Å²) < 4.78 is 10.6. The number of benzene rings is 2. The monoisotopic (exact) mass is 433 g/mol. The number of rotatable bonds is 2. The van der Waals surface area contributed by atoms with Gasteiger partial charge in [-0.15, -0.1) is 0 Å². The number of aryl methyl sites for hydroxylation is 2. The molecule has 0 unspecified atom stereocenters. The Bertz CT molecular complexity index is 1510. The molecule has 2 aromatic carbocycles. The second-order valence-corrected chi connectivity index (χ2v) is 8.18. The van der Waals surface area contributed by atoms with Crippen molar-refractivity contribution in [2.24, 2.45) is 14.1 Å². The van der Waals surface area contributed by atoms with Gasteiger partial charge in [0.05, 0.1) is 28.9 Å². The highest BCUT2D eigenvalue weighted by Crippen LogP contribution is 2.43. The molecule has 0 radical (unpaired) electrons. The fourth-order valence-corrected chi connectivity index (χ4v) is 4.66. The highest BCUT2D eigenvalue weighted by atomic mass is 16.5. The van der Waals surface area contributed by atoms with E-state index in [9.17, 15) is 19.8 Å². The summed E-state index contributed by atoms with van der Waals surface area (Å²) in [6.45, 7) is 2.79. The maximum absolute atomic E-state index is 13.4. The van der Waals surface area contributed by atoms with Crippen molar-refractivity contribution < 1.29 is 14.9 Å². The molecule has 0 bridgehead atoms. The largest absolute Gasteiger partial charge is 0.508 e. The number of aromatic nitrogens is 3. The van der Waals surface area contributed by atoms with Crippen molar-refractivity contribution in [2.45, 2.75) is 19.6 Å². The van der Waals surface area contributed by atoms with Crippen LogP contribution in [-0.2, 0) is 25.4 Å². The molecule has 32 heavy (non-hydrogen) atoms. The minimum Gasteiger partial charge on any atom is -0.508 e. The smallest absolute Gasteiger partial charge is 0.331 e. The lowest BCUT2D eigenvalue weighted by Gasteiger charge is -2.28. The van der Waals surface area contributed by atoms with E-state index in [2.05, 4.69) is 0 Å². The molecular weight excluding hydrogens is 410 g/mol. The standard InChI is InChI=1S/C24H23N3O5/c1-13-5-4-6-14(11-13)19-18-20(25(2)24(31)26(3)23(18)30)21-22(32-10-9-27(19)21)16-12-15(28)7-8-17(16)29/h4-8,11-12,22,28-29H,9-10H2,1-3H3/t22-/m0/s1. The molecule has 2 N–H and O–H groups in total. The molecule has 0 saturated carbocycles. The maximum atomic E-state index is 13.4. The molecular formula is C24H23N3O5. The van der Waals surface area contributed by atoms with Crippen LogP contribution in [-0.4, -0.2) is 30.5 Å². The van der Waals surface area contributed by atoms with Gasteiger partial charge in [-0.25, -0.2) is 4.79 Å². The fourth-order valence-electron chi connectivity index (χ4n) is 4.66. The second-order valence-electron chi connectivity index (χ2n) is 8.18. The van der Waals surface area contributed by atoms with Gasteiger partial charge in [-0.1, -0.05) is 23.8 Å². The number of phenols is 2. The first-order chi connectivity index (χ1) is 15.3. The average Bonchev–Trinajstić information content (AvgIpc) is 3.13. The third-order valence-corrected chi connectivity index (χ3v) is 6.14. The third kappa shape index (κ3) is 2.80. The van der Waals surface area contributed by atoms with Gasteiger partial charge in [0.2, 0.25) is 0 Å². The summed E-state index contributed by atoms with van der Waals surface area (Å²) >= 11 is 0. The minimum atomic E-state index is -0.769. The fraction of sp³-hybridized carbons (Fsp3) is 0.250. The summed E-state index contributed by atoms with van der Waals surface area (Å²) in [5.41, 5.74) is 3.21. The zero-order valence-corrected chi connectivity index (χ0v) is 18.0. The van der Waals surface area contributed by atoms with Gasteiger partial charge < -0.3 is 19.5 Å². The molecule has 0 saturated heterocycles. The molecule has 0 amide bonds. The molecule has 2 aromatic heterocycles. The van der Waals surface area contributed by atoms with Crippen molar-refractivity contribution in [3.63, 3.8) is 0 Å². The van der Waals surface area contributed by atoms with Gasteiger partial charge in [-0.2, -0.15) is 0 Å². The summed E-state index contributed by atoms with van der Waals surface area (Å²) in [4.78, 5) is 26.2. The Hall–Kier alpha value is -3.78. The van der Waals surface area contributed by atoms with Crippen LogP contribution in [0.2, 0.25) is 0 Å². The lowest BCUT2D eigenvalue weighted by Crippen LogP contribution is -2.37. The molecule has 1 atom stereocenters. The van der Waals surface area contributed by atoms with E-state index in [0.717, 1.165) is 15.7 Å². The molecule has 0 fully saturated rings. The molecule has 4 aromatic rings. The molecule has 164 valence electrons. The Morgan fingerprint density at radius 2 is 1.81 bits per heavy atom. The van der Waals surface area contributed by atoms with Crippen molar-refractivity contribution in [3.8, 4) is 22.8 Å². The van der Waals surface area contributed by atoms with Gasteiger partial charge >= 0.3 is 5.69 Å². The number of nitrogens with zero attached hydrogens (tertiary/aromatic N) is 3. The van der Waals surface area contributed by atoms with Crippen molar-refractivity contribution >= 4 is 10.9 Å². The number of hydrogen-bond acceptors (Lipinski definition) is 5. The number of phenolic OH excluding ortho intramolecular Hbond substituents is 2. The van der Waals surface area contributed by atoms with Crippen LogP contribution in [0.5, 0.6) is 11.5 Å². The molecule has 1 aliphatic rings. The van der Waals surface area contributed by atoms with E-state index in [-0.39, 0.29) is 17.1 Å². The molecule has 0 aliphatic carbocycles. The molecule has 0 spiro atoms. The molecule has 8 heteroatoms. The first-order valence-corrected chi connectivity index (χ1v) is 10.3. The molecule has 1 aliphatic heterocycles. The van der Waals surface area contributed by atoms with Crippen LogP contribution < -0.4 is 11.2 Å². The van der Waals surface area contributed by atoms with E-state index >= 15 is 0 Å². The summed E-state index contributed by atoms with van der Waals surface area (Å²) in [5, 5.41) is 21.0. The highest BCUT2D eigenvalue weighted by molar-refractivity contribution is 5.96. The van der Waals surface area contributed by atoms with E-state index in [4.69, 9.17) is 4.74 Å². The Morgan fingerprint density at radius 3 is 2.56 bits per heavy atom. The maximum Gasteiger partial charge on any atom is 0.331 e. The normalized spacial score (nSPS) is 15.8. The number of aromatic hydroxyl groups is 2. The Morgan fingerprint density at radius 1 is 1.03 bits per heavy atom. The van der Waals surface area contributed by atoms with Gasteiger partial charge in [-0.3, -0.25) is 13.9 Å². The van der Waals surface area contributed by atoms with Gasteiger partial charge in [0.15, 0.2) is 0 Å². The zero-order chi connectivity index (χ0) is 22.7. The van der Waals surface area contributed by atoms with E-state index < -0.39 is 11.8 Å². The first kappa shape index (κ1) is 20.1. The third-order valence-electron chi connectivity index (χ3n) is 6.14. The average molecular weight is 433 g/mol. The predicted molar refractivity (Wildman–Crippen MR) is 120 cm³/mol. The number of fused-ring (bicyclic) bond motifs is 3. The van der Waals surface area contributed by atoms with E-state index in [1.54, 1.807) is 7.05 Å². The van der Waals surface area contributed by atoms with Crippen molar-refractivity contribution in [1.29, 1.82) is 0 Å². The number of ether oxygens (including phenoxy) is 1. The zero-order valence-electron chi connectivity index (χ0n) is 18.0. The molecule has 3 heterocycles. The van der Waals surface area contributed by atoms with Crippen LogP contribution in [0.4, 0.5) is 0 Å². The van der Waals surface area contributed by atoms with Crippen LogP contribution >= 0.6 is 0 Å². The summed E-state index contributed by atoms with van der Waals surface area (Å²) in [7, 11) is 3.09. The van der Waals surface area contributed by atoms with Crippen molar-refractivity contribution in [3.05, 3.63) is 80.1 Å². The quantitative estimate of drug-likeness (QED) is 0.474. The number of hydrogen-bond donors (Lipinski definition) is 2. The van der Waals surface area contributed by atoms with Crippen LogP contribution in [0, 0.1) is 6.92 Å². The topological polar surface area (TPSA) is 98.6 Å². The Balaban J connectivity index is 1.97. The van der Waals surface area contributed by atoms with Gasteiger partial charge in [-0.05, 0) is 36.8 Å². The lowest BCUT2D eigenvalue weighted by molar-refractivity contribution is 0.0463. The summed E-state index contributed by atoms with van der Waals surface area (Å²) in [5.74, 6) is -0.0559. The van der Waals surface area contributed by atoms with Crippen molar-refractivity contribution in [1.82, 2.24) is 13.7 Å². The van der Waals surface area contributed by atoms with Gasteiger partial charge in [0, 0.05) is 26.2 Å². The summed E-state index contributed by atoms with van der Waals surface area (Å²) in [6, 6.07) is 12.1. The van der Waals surface area contributed by atoms with Crippen LogP contribution in [0.1, 0.15) is 22.9 Å². The van der Waals surface area contributed by atoms with Crippen LogP contribution in [0.15, 0.2) is 52.1 Å². The van der Waals surface area contributed by atoms with Crippen molar-refractivity contribution in [2.75, 3.05) is 6.61 Å². The second kappa shape index (κ2) is 7.13. The van der Waals surface area contributed by atoms with Gasteiger partial charge in [0.1, 0.15) is 17.6 Å². The first-order valence-electron chi connectivity index (χ1n) is 10.3. The molecule has 8 nitrogen and oxygen atoms in total. The minimum absolute atomic E-state index is 0.0157. The highest BCUT2D eigenvalue weighted by Gasteiger charge is 2.34. The predicted octanol–water partition coefficient (Wildman–Crippen LogP) is 2.54. The van der Waals surface area contributed by atoms with Gasteiger partial charge in [0.25, 0.3) is 5.56 Å².